The van der Waals surface area contributed by atoms with Crippen LogP contribution in [0.5, 0.6) is 0 Å². The van der Waals surface area contributed by atoms with Crippen molar-refractivity contribution >= 4 is 5.97 Å². The summed E-state index contributed by atoms with van der Waals surface area (Å²) in [5.74, 6) is 0.362. The molecule has 2 saturated carbocycles. The molecule has 0 unspecified atom stereocenters. The zero-order valence-corrected chi connectivity index (χ0v) is 20.1. The summed E-state index contributed by atoms with van der Waals surface area (Å²) < 4.78 is 33.6. The van der Waals surface area contributed by atoms with Gasteiger partial charge in [-0.3, -0.25) is 0 Å². The fourth-order valence-electron chi connectivity index (χ4n) is 6.09. The Labute approximate surface area is 193 Å². The van der Waals surface area contributed by atoms with Gasteiger partial charge in [-0.15, -0.1) is 0 Å². The first kappa shape index (κ1) is 25.2. The van der Waals surface area contributed by atoms with Crippen LogP contribution < -0.4 is 0 Å². The molecule has 0 heterocycles. The van der Waals surface area contributed by atoms with E-state index < -0.39 is 23.2 Å². The van der Waals surface area contributed by atoms with Crippen LogP contribution in [0.2, 0.25) is 0 Å². The molecule has 0 atom stereocenters. The number of esters is 1. The van der Waals surface area contributed by atoms with Crippen molar-refractivity contribution in [3.63, 3.8) is 0 Å². The van der Waals surface area contributed by atoms with Crippen molar-refractivity contribution in [1.82, 2.24) is 0 Å². The van der Waals surface area contributed by atoms with Gasteiger partial charge in [-0.05, 0) is 74.0 Å². The van der Waals surface area contributed by atoms with Crippen LogP contribution in [-0.4, -0.2) is 12.6 Å². The van der Waals surface area contributed by atoms with Gasteiger partial charge < -0.3 is 4.74 Å². The van der Waals surface area contributed by atoms with E-state index in [4.69, 9.17) is 4.74 Å². The molecule has 2 fully saturated rings. The molecule has 0 N–H and O–H groups in total. The number of ether oxygens (including phenoxy) is 1. The molecular weight excluding hydrogens is 406 g/mol. The number of carbonyl (C=O) groups excluding carboxylic acids is 1. The van der Waals surface area contributed by atoms with Crippen LogP contribution in [0.4, 0.5) is 8.78 Å². The number of hydrogen-bond donors (Lipinski definition) is 0. The van der Waals surface area contributed by atoms with E-state index in [-0.39, 0.29) is 12.5 Å². The molecule has 2 aliphatic carbocycles. The number of carbonyl (C=O) groups is 1. The standard InChI is InChI=1S/C28H42F2O2/c1-3-7-20-10-12-21(13-11-20)8-5-6-9-22-14-16-23(17-15-22)24-18-25(29)27(26(30)19-24)28(31)32-4-2/h18-23H,3-17H2,1-2H3. The van der Waals surface area contributed by atoms with Crippen molar-refractivity contribution in [1.29, 1.82) is 0 Å². The second-order valence-corrected chi connectivity index (χ2v) is 10.3. The maximum atomic E-state index is 14.4. The molecule has 0 saturated heterocycles. The minimum Gasteiger partial charge on any atom is -0.462 e. The van der Waals surface area contributed by atoms with E-state index in [0.29, 0.717) is 5.56 Å². The van der Waals surface area contributed by atoms with Crippen molar-refractivity contribution in [3.05, 3.63) is 34.9 Å². The third-order valence-electron chi connectivity index (χ3n) is 8.00. The summed E-state index contributed by atoms with van der Waals surface area (Å²) in [5.41, 5.74) is 0.119. The summed E-state index contributed by atoms with van der Waals surface area (Å²) in [5, 5.41) is 0. The lowest BCUT2D eigenvalue weighted by atomic mass is 9.76. The van der Waals surface area contributed by atoms with E-state index in [0.717, 1.165) is 43.4 Å². The molecule has 3 rings (SSSR count). The van der Waals surface area contributed by atoms with Gasteiger partial charge in [0.15, 0.2) is 0 Å². The summed E-state index contributed by atoms with van der Waals surface area (Å²) in [7, 11) is 0. The average molecular weight is 449 g/mol. The van der Waals surface area contributed by atoms with Gasteiger partial charge in [0.05, 0.1) is 6.61 Å². The maximum Gasteiger partial charge on any atom is 0.344 e. The zero-order chi connectivity index (χ0) is 22.9. The van der Waals surface area contributed by atoms with E-state index in [9.17, 15) is 13.6 Å². The summed E-state index contributed by atoms with van der Waals surface area (Å²) in [6, 6.07) is 2.69. The van der Waals surface area contributed by atoms with E-state index in [1.165, 1.54) is 76.3 Å². The molecule has 180 valence electrons. The van der Waals surface area contributed by atoms with E-state index in [1.807, 2.05) is 0 Å². The molecule has 1 aromatic carbocycles. The van der Waals surface area contributed by atoms with Crippen LogP contribution in [-0.2, 0) is 4.74 Å². The fraction of sp³-hybridized carbons (Fsp3) is 0.750. The average Bonchev–Trinajstić information content (AvgIpc) is 2.78. The Morgan fingerprint density at radius 1 is 0.812 bits per heavy atom. The molecule has 0 radical (unpaired) electrons. The van der Waals surface area contributed by atoms with Crippen molar-refractivity contribution < 1.29 is 18.3 Å². The highest BCUT2D eigenvalue weighted by molar-refractivity contribution is 5.90. The number of rotatable bonds is 10. The van der Waals surface area contributed by atoms with Crippen LogP contribution in [0.3, 0.4) is 0 Å². The third-order valence-corrected chi connectivity index (χ3v) is 8.00. The van der Waals surface area contributed by atoms with Gasteiger partial charge in [0.25, 0.3) is 0 Å². The molecule has 0 bridgehead atoms. The van der Waals surface area contributed by atoms with Crippen LogP contribution in [0.15, 0.2) is 12.1 Å². The minimum absolute atomic E-state index is 0.101. The normalized spacial score (nSPS) is 26.1. The summed E-state index contributed by atoms with van der Waals surface area (Å²) in [6.45, 7) is 4.03. The van der Waals surface area contributed by atoms with Gasteiger partial charge >= 0.3 is 5.97 Å². The first-order valence-corrected chi connectivity index (χ1v) is 13.2. The lowest BCUT2D eigenvalue weighted by molar-refractivity contribution is 0.0515. The van der Waals surface area contributed by atoms with Crippen molar-refractivity contribution in [2.24, 2.45) is 17.8 Å². The Hall–Kier alpha value is -1.45. The van der Waals surface area contributed by atoms with Gasteiger partial charge in [0, 0.05) is 0 Å². The maximum absolute atomic E-state index is 14.4. The van der Waals surface area contributed by atoms with Gasteiger partial charge in [0.1, 0.15) is 17.2 Å². The Morgan fingerprint density at radius 3 is 1.75 bits per heavy atom. The molecule has 0 aromatic heterocycles. The Balaban J connectivity index is 1.37. The topological polar surface area (TPSA) is 26.3 Å². The highest BCUT2D eigenvalue weighted by atomic mass is 19.1. The van der Waals surface area contributed by atoms with Gasteiger partial charge in [-0.2, -0.15) is 0 Å². The first-order valence-electron chi connectivity index (χ1n) is 13.2. The second-order valence-electron chi connectivity index (χ2n) is 10.3. The van der Waals surface area contributed by atoms with Gasteiger partial charge in [-0.25, -0.2) is 13.6 Å². The Kier molecular flexibility index (Phi) is 9.99. The van der Waals surface area contributed by atoms with Crippen molar-refractivity contribution in [2.45, 2.75) is 110 Å². The third kappa shape index (κ3) is 7.02. The highest BCUT2D eigenvalue weighted by Gasteiger charge is 2.26. The van der Waals surface area contributed by atoms with Crippen LogP contribution in [0.25, 0.3) is 0 Å². The first-order chi connectivity index (χ1) is 15.5. The molecule has 32 heavy (non-hydrogen) atoms. The van der Waals surface area contributed by atoms with E-state index in [2.05, 4.69) is 6.92 Å². The Morgan fingerprint density at radius 2 is 1.28 bits per heavy atom. The molecule has 0 aliphatic heterocycles. The number of unbranched alkanes of at least 4 members (excludes halogenated alkanes) is 1. The summed E-state index contributed by atoms with van der Waals surface area (Å²) >= 11 is 0. The number of benzene rings is 1. The second kappa shape index (κ2) is 12.7. The molecule has 2 nitrogen and oxygen atoms in total. The van der Waals surface area contributed by atoms with Gasteiger partial charge in [0.2, 0.25) is 0 Å². The van der Waals surface area contributed by atoms with Gasteiger partial charge in [-0.1, -0.05) is 71.1 Å². The fourth-order valence-corrected chi connectivity index (χ4v) is 6.09. The summed E-state index contributed by atoms with van der Waals surface area (Å²) in [6.07, 6.45) is 18.1. The predicted octanol–water partition coefficient (Wildman–Crippen LogP) is 8.58. The number of hydrogen-bond acceptors (Lipinski definition) is 2. The molecular formula is C28H42F2O2. The van der Waals surface area contributed by atoms with E-state index >= 15 is 0 Å². The summed E-state index contributed by atoms with van der Waals surface area (Å²) in [4.78, 5) is 11.8. The highest BCUT2D eigenvalue weighted by Crippen LogP contribution is 2.39. The molecule has 0 amide bonds. The molecule has 4 heteroatoms. The largest absolute Gasteiger partial charge is 0.462 e. The number of halogens is 2. The monoisotopic (exact) mass is 448 g/mol. The molecule has 1 aromatic rings. The SMILES string of the molecule is CCCC1CCC(CCCCC2CCC(c3cc(F)c(C(=O)OCC)c(F)c3)CC2)CC1. The Bertz CT molecular complexity index is 693. The van der Waals surface area contributed by atoms with E-state index in [1.54, 1.807) is 6.92 Å². The van der Waals surface area contributed by atoms with Crippen LogP contribution in [0, 0.1) is 29.4 Å². The predicted molar refractivity (Wildman–Crippen MR) is 126 cm³/mol. The van der Waals surface area contributed by atoms with Crippen molar-refractivity contribution in [2.75, 3.05) is 6.61 Å². The van der Waals surface area contributed by atoms with Crippen LogP contribution >= 0.6 is 0 Å². The molecule has 2 aliphatic rings. The molecule has 0 spiro atoms. The lowest BCUT2D eigenvalue weighted by Crippen LogP contribution is -2.16. The minimum atomic E-state index is -0.924. The quantitative estimate of drug-likeness (QED) is 0.265. The smallest absolute Gasteiger partial charge is 0.344 e. The van der Waals surface area contributed by atoms with Crippen LogP contribution in [0.1, 0.15) is 126 Å². The lowest BCUT2D eigenvalue weighted by Gasteiger charge is -2.30. The zero-order valence-electron chi connectivity index (χ0n) is 20.1. The van der Waals surface area contributed by atoms with Crippen molar-refractivity contribution in [3.8, 4) is 0 Å².